The summed E-state index contributed by atoms with van der Waals surface area (Å²) in [6.07, 6.45) is 0.597. The number of benzene rings is 1. The van der Waals surface area contributed by atoms with E-state index in [1.165, 1.54) is 0 Å². The maximum atomic E-state index is 11.8. The molecule has 0 bridgehead atoms. The Morgan fingerprint density at radius 3 is 2.64 bits per heavy atom. The topological polar surface area (TPSA) is 94.8 Å². The summed E-state index contributed by atoms with van der Waals surface area (Å²) in [7, 11) is 0. The number of amidine groups is 1. The number of nitrogens with one attached hydrogen (secondary N) is 1. The highest BCUT2D eigenvalue weighted by molar-refractivity contribution is 9.10. The van der Waals surface area contributed by atoms with Crippen molar-refractivity contribution in [2.75, 3.05) is 18.5 Å². The summed E-state index contributed by atoms with van der Waals surface area (Å²) < 4.78 is 0.985. The van der Waals surface area contributed by atoms with Crippen LogP contribution in [0.3, 0.4) is 0 Å². The molecule has 2 aromatic heterocycles. The highest BCUT2D eigenvalue weighted by atomic mass is 79.9. The number of hydrogen-bond donors (Lipinski definition) is 3. The third-order valence-electron chi connectivity index (χ3n) is 4.20. The number of aliphatic hydroxyl groups is 1. The molecule has 0 radical (unpaired) electrons. The Kier molecular flexibility index (Phi) is 6.43. The van der Waals surface area contributed by atoms with Crippen molar-refractivity contribution in [2.24, 2.45) is 4.99 Å². The van der Waals surface area contributed by atoms with Gasteiger partial charge in [-0.3, -0.25) is 4.99 Å². The van der Waals surface area contributed by atoms with Crippen LogP contribution < -0.4 is 5.32 Å². The van der Waals surface area contributed by atoms with Crippen molar-refractivity contribution in [3.05, 3.63) is 45.2 Å². The van der Waals surface area contributed by atoms with Gasteiger partial charge in [-0.05, 0) is 30.7 Å². The Morgan fingerprint density at radius 2 is 2.04 bits per heavy atom. The molecular formula is C20H20BrN3O3S. The summed E-state index contributed by atoms with van der Waals surface area (Å²) in [5.74, 6) is -0.375. The van der Waals surface area contributed by atoms with Crippen LogP contribution in [0.25, 0.3) is 21.5 Å². The van der Waals surface area contributed by atoms with Gasteiger partial charge in [-0.2, -0.15) is 0 Å². The Labute approximate surface area is 175 Å². The highest BCUT2D eigenvalue weighted by Gasteiger charge is 2.22. The van der Waals surface area contributed by atoms with Crippen LogP contribution in [0.4, 0.5) is 5.69 Å². The molecule has 3 aromatic rings. The molecule has 0 saturated heterocycles. The van der Waals surface area contributed by atoms with Gasteiger partial charge in [0, 0.05) is 21.8 Å². The lowest BCUT2D eigenvalue weighted by atomic mass is 10.1. The lowest BCUT2D eigenvalue weighted by molar-refractivity contribution is 0.0703. The van der Waals surface area contributed by atoms with Crippen molar-refractivity contribution in [1.82, 2.24) is 4.98 Å². The third-order valence-corrected chi connectivity index (χ3v) is 5.80. The number of aliphatic hydroxyl groups excluding tert-OH is 1. The molecule has 0 amide bonds. The van der Waals surface area contributed by atoms with Crippen LogP contribution in [0.15, 0.2) is 39.8 Å². The maximum absolute atomic E-state index is 11.8. The molecule has 0 aliphatic heterocycles. The lowest BCUT2D eigenvalue weighted by Gasteiger charge is -2.10. The van der Waals surface area contributed by atoms with Crippen molar-refractivity contribution in [1.29, 1.82) is 0 Å². The number of hydrogen-bond acceptors (Lipinski definition) is 5. The number of carbonyl (C=O) groups is 1. The molecule has 0 saturated carbocycles. The molecule has 0 unspecified atom stereocenters. The number of nitrogens with zero attached hydrogens (tertiary/aromatic N) is 2. The summed E-state index contributed by atoms with van der Waals surface area (Å²) in [5.41, 5.74) is 3.21. The third kappa shape index (κ3) is 4.24. The number of pyridine rings is 1. The van der Waals surface area contributed by atoms with E-state index in [0.29, 0.717) is 22.8 Å². The van der Waals surface area contributed by atoms with E-state index in [1.54, 1.807) is 0 Å². The Balaban J connectivity index is 2.14. The fourth-order valence-corrected chi connectivity index (χ4v) is 4.20. The Hall–Kier alpha value is -2.29. The summed E-state index contributed by atoms with van der Waals surface area (Å²) in [6, 6.07) is 9.81. The van der Waals surface area contributed by atoms with Gasteiger partial charge in [0.05, 0.1) is 24.5 Å². The Bertz CT molecular complexity index is 1050. The van der Waals surface area contributed by atoms with Crippen molar-refractivity contribution in [3.63, 3.8) is 0 Å². The first-order valence-corrected chi connectivity index (χ1v) is 10.4. The summed E-state index contributed by atoms with van der Waals surface area (Å²) in [4.78, 5) is 21.7. The first-order chi connectivity index (χ1) is 13.4. The summed E-state index contributed by atoms with van der Waals surface area (Å²) in [6.45, 7) is 4.09. The predicted molar refractivity (Wildman–Crippen MR) is 118 cm³/mol. The monoisotopic (exact) mass is 461 g/mol. The molecule has 3 rings (SSSR count). The number of aromatic carboxylic acids is 1. The fraction of sp³-hybridized carbons (Fsp3) is 0.250. The molecule has 146 valence electrons. The van der Waals surface area contributed by atoms with E-state index >= 15 is 0 Å². The lowest BCUT2D eigenvalue weighted by Crippen LogP contribution is -2.14. The maximum Gasteiger partial charge on any atom is 0.348 e. The normalized spacial score (nSPS) is 11.8. The van der Waals surface area contributed by atoms with Crippen LogP contribution in [0.2, 0.25) is 0 Å². The van der Waals surface area contributed by atoms with Crippen LogP contribution in [-0.4, -0.2) is 40.2 Å². The number of aryl methyl sites for hydroxylation is 1. The van der Waals surface area contributed by atoms with Gasteiger partial charge in [-0.1, -0.05) is 35.0 Å². The number of aromatic nitrogens is 1. The second-order valence-electron chi connectivity index (χ2n) is 6.15. The molecule has 0 spiro atoms. The molecule has 6 nitrogen and oxygen atoms in total. The fourth-order valence-electron chi connectivity index (χ4n) is 2.89. The number of carboxylic acids is 1. The second kappa shape index (κ2) is 8.81. The minimum Gasteiger partial charge on any atom is -0.477 e. The van der Waals surface area contributed by atoms with E-state index in [0.717, 1.165) is 38.0 Å². The van der Waals surface area contributed by atoms with Crippen molar-refractivity contribution < 1.29 is 15.0 Å². The number of carboxylic acid groups (broad SMARTS) is 1. The molecule has 0 fully saturated rings. The minimum atomic E-state index is -1.01. The van der Waals surface area contributed by atoms with Crippen LogP contribution in [0.1, 0.15) is 28.6 Å². The largest absolute Gasteiger partial charge is 0.477 e. The Morgan fingerprint density at radius 1 is 1.32 bits per heavy atom. The average Bonchev–Trinajstić information content (AvgIpc) is 3.04. The molecule has 2 heterocycles. The van der Waals surface area contributed by atoms with E-state index in [2.05, 4.69) is 26.2 Å². The first kappa shape index (κ1) is 20.4. The summed E-state index contributed by atoms with van der Waals surface area (Å²) >= 11 is 4.58. The van der Waals surface area contributed by atoms with E-state index in [-0.39, 0.29) is 18.0 Å². The molecule has 3 N–H and O–H groups in total. The van der Waals surface area contributed by atoms with Gasteiger partial charge in [0.1, 0.15) is 15.5 Å². The van der Waals surface area contributed by atoms with Crippen LogP contribution in [0.5, 0.6) is 0 Å². The summed E-state index contributed by atoms with van der Waals surface area (Å²) in [5, 5.41) is 22.7. The van der Waals surface area contributed by atoms with E-state index in [9.17, 15) is 9.90 Å². The molecule has 28 heavy (non-hydrogen) atoms. The number of anilines is 1. The second-order valence-corrected chi connectivity index (χ2v) is 8.07. The number of aliphatic imine (C=N–C) groups is 1. The van der Waals surface area contributed by atoms with E-state index in [1.807, 2.05) is 44.2 Å². The molecule has 8 heteroatoms. The number of thiophene rings is 1. The average molecular weight is 462 g/mol. The zero-order chi connectivity index (χ0) is 20.3. The van der Waals surface area contributed by atoms with Crippen LogP contribution >= 0.6 is 27.3 Å². The van der Waals surface area contributed by atoms with Crippen molar-refractivity contribution >= 4 is 55.0 Å². The van der Waals surface area contributed by atoms with Gasteiger partial charge >= 0.3 is 5.97 Å². The van der Waals surface area contributed by atoms with Gasteiger partial charge in [0.15, 0.2) is 0 Å². The van der Waals surface area contributed by atoms with E-state index < -0.39 is 5.97 Å². The molecular weight excluding hydrogens is 442 g/mol. The van der Waals surface area contributed by atoms with Gasteiger partial charge in [-0.15, -0.1) is 11.3 Å². The van der Waals surface area contributed by atoms with Gasteiger partial charge in [0.25, 0.3) is 0 Å². The van der Waals surface area contributed by atoms with E-state index in [4.69, 9.17) is 10.1 Å². The first-order valence-electron chi connectivity index (χ1n) is 8.79. The van der Waals surface area contributed by atoms with Gasteiger partial charge in [0.2, 0.25) is 0 Å². The van der Waals surface area contributed by atoms with Crippen molar-refractivity contribution in [2.45, 2.75) is 20.3 Å². The minimum absolute atomic E-state index is 0.0571. The molecule has 0 aliphatic carbocycles. The zero-order valence-electron chi connectivity index (χ0n) is 15.5. The standard InChI is InChI=1S/C20H20BrN3O3S/c1-3-15(22-8-9-25)24-17-16-11(2)10-14(12-4-6-13(21)7-5-12)23-19(16)28-18(17)20(26)27/h4-7,10,25H,3,8-9H2,1-2H3,(H,22,24)(H,26,27). The SMILES string of the molecule is CCC(=NCCO)Nc1c(C(=O)O)sc2nc(-c3ccc(Br)cc3)cc(C)c12. The zero-order valence-corrected chi connectivity index (χ0v) is 17.9. The quantitative estimate of drug-likeness (QED) is 0.356. The molecule has 0 atom stereocenters. The van der Waals surface area contributed by atoms with Crippen LogP contribution in [-0.2, 0) is 0 Å². The van der Waals surface area contributed by atoms with Crippen LogP contribution in [0, 0.1) is 6.92 Å². The smallest absolute Gasteiger partial charge is 0.348 e. The highest BCUT2D eigenvalue weighted by Crippen LogP contribution is 2.39. The number of halogens is 1. The van der Waals surface area contributed by atoms with Gasteiger partial charge < -0.3 is 15.5 Å². The van der Waals surface area contributed by atoms with Crippen molar-refractivity contribution in [3.8, 4) is 11.3 Å². The molecule has 1 aromatic carbocycles. The predicted octanol–water partition coefficient (Wildman–Crippen LogP) is 4.95. The number of rotatable bonds is 6. The van der Waals surface area contributed by atoms with Gasteiger partial charge in [-0.25, -0.2) is 9.78 Å². The number of fused-ring (bicyclic) bond motifs is 1. The molecule has 0 aliphatic rings.